The number of rotatable bonds is 7. The lowest BCUT2D eigenvalue weighted by Gasteiger charge is -2.32. The van der Waals surface area contributed by atoms with Crippen LogP contribution in [-0.4, -0.2) is 66.3 Å². The minimum absolute atomic E-state index is 0.146. The minimum atomic E-state index is -1.82. The van der Waals surface area contributed by atoms with Crippen LogP contribution in [0.5, 0.6) is 11.5 Å². The van der Waals surface area contributed by atoms with E-state index in [1.165, 1.54) is 0 Å². The molecule has 1 aliphatic heterocycles. The molecule has 1 aromatic carbocycles. The summed E-state index contributed by atoms with van der Waals surface area (Å²) in [5.74, 6) is -1.63. The molecule has 1 aliphatic rings. The summed E-state index contributed by atoms with van der Waals surface area (Å²) < 4.78 is 10.7. The third-order valence-corrected chi connectivity index (χ3v) is 5.03. The SMILES string of the molecule is CCC(C)NC(=O)C1CCN(Cc2ccc(OC)cc2OC)CC1.O=C(O)C(=O)O. The summed E-state index contributed by atoms with van der Waals surface area (Å²) in [6.45, 7) is 6.87. The van der Waals surface area contributed by atoms with Gasteiger partial charge >= 0.3 is 11.9 Å². The van der Waals surface area contributed by atoms with Crippen LogP contribution in [-0.2, 0) is 20.9 Å². The van der Waals surface area contributed by atoms with Crippen molar-refractivity contribution in [2.75, 3.05) is 27.3 Å². The molecule has 1 saturated heterocycles. The molecule has 1 aromatic rings. The molecule has 0 aromatic heterocycles. The molecular weight excluding hydrogens is 392 g/mol. The average molecular weight is 424 g/mol. The summed E-state index contributed by atoms with van der Waals surface area (Å²) in [5.41, 5.74) is 1.15. The Balaban J connectivity index is 0.000000656. The van der Waals surface area contributed by atoms with E-state index in [9.17, 15) is 4.79 Å². The van der Waals surface area contributed by atoms with Crippen LogP contribution in [0.1, 0.15) is 38.7 Å². The molecule has 0 spiro atoms. The lowest BCUT2D eigenvalue weighted by Crippen LogP contribution is -2.42. The third-order valence-electron chi connectivity index (χ3n) is 5.03. The van der Waals surface area contributed by atoms with Crippen LogP contribution >= 0.6 is 0 Å². The van der Waals surface area contributed by atoms with Crippen molar-refractivity contribution in [1.82, 2.24) is 10.2 Å². The highest BCUT2D eigenvalue weighted by molar-refractivity contribution is 6.27. The van der Waals surface area contributed by atoms with Crippen molar-refractivity contribution < 1.29 is 34.1 Å². The van der Waals surface area contributed by atoms with Crippen LogP contribution in [0.25, 0.3) is 0 Å². The number of ether oxygens (including phenoxy) is 2. The quantitative estimate of drug-likeness (QED) is 0.568. The van der Waals surface area contributed by atoms with Crippen molar-refractivity contribution >= 4 is 17.8 Å². The van der Waals surface area contributed by atoms with Crippen molar-refractivity contribution in [3.8, 4) is 11.5 Å². The fraction of sp³-hybridized carbons (Fsp3) is 0.571. The van der Waals surface area contributed by atoms with E-state index in [-0.39, 0.29) is 17.9 Å². The average Bonchev–Trinajstić information content (AvgIpc) is 2.74. The van der Waals surface area contributed by atoms with E-state index in [1.807, 2.05) is 12.1 Å². The molecule has 0 saturated carbocycles. The zero-order chi connectivity index (χ0) is 22.7. The second-order valence-electron chi connectivity index (χ2n) is 7.16. The second-order valence-corrected chi connectivity index (χ2v) is 7.16. The van der Waals surface area contributed by atoms with Gasteiger partial charge in [-0.1, -0.05) is 13.0 Å². The number of carbonyl (C=O) groups excluding carboxylic acids is 1. The maximum absolute atomic E-state index is 12.2. The fourth-order valence-corrected chi connectivity index (χ4v) is 3.04. The van der Waals surface area contributed by atoms with Crippen LogP contribution in [0, 0.1) is 5.92 Å². The molecule has 1 atom stereocenters. The number of nitrogens with zero attached hydrogens (tertiary/aromatic N) is 1. The number of likely N-dealkylation sites (tertiary alicyclic amines) is 1. The van der Waals surface area contributed by atoms with Gasteiger partial charge in [-0.3, -0.25) is 9.69 Å². The zero-order valence-corrected chi connectivity index (χ0v) is 18.0. The van der Waals surface area contributed by atoms with Crippen LogP contribution < -0.4 is 14.8 Å². The Morgan fingerprint density at radius 2 is 1.73 bits per heavy atom. The topological polar surface area (TPSA) is 125 Å². The minimum Gasteiger partial charge on any atom is -0.497 e. The molecule has 30 heavy (non-hydrogen) atoms. The van der Waals surface area contributed by atoms with Gasteiger partial charge < -0.3 is 25.0 Å². The van der Waals surface area contributed by atoms with E-state index in [0.29, 0.717) is 0 Å². The van der Waals surface area contributed by atoms with Crippen LogP contribution in [0.15, 0.2) is 18.2 Å². The Labute approximate surface area is 177 Å². The smallest absolute Gasteiger partial charge is 0.414 e. The van der Waals surface area contributed by atoms with Crippen LogP contribution in [0.4, 0.5) is 0 Å². The van der Waals surface area contributed by atoms with Gasteiger partial charge in [0, 0.05) is 30.1 Å². The van der Waals surface area contributed by atoms with Crippen molar-refractivity contribution in [3.05, 3.63) is 23.8 Å². The monoisotopic (exact) mass is 424 g/mol. The Bertz CT molecular complexity index is 703. The lowest BCUT2D eigenvalue weighted by atomic mass is 9.95. The second kappa shape index (κ2) is 12.7. The largest absolute Gasteiger partial charge is 0.497 e. The van der Waals surface area contributed by atoms with Crippen molar-refractivity contribution in [1.29, 1.82) is 0 Å². The number of piperidine rings is 1. The lowest BCUT2D eigenvalue weighted by molar-refractivity contribution is -0.159. The molecule has 9 nitrogen and oxygen atoms in total. The van der Waals surface area contributed by atoms with Gasteiger partial charge in [-0.2, -0.15) is 0 Å². The number of carboxylic acids is 2. The van der Waals surface area contributed by atoms with Crippen molar-refractivity contribution in [2.45, 2.75) is 45.7 Å². The number of hydrogen-bond donors (Lipinski definition) is 3. The highest BCUT2D eigenvalue weighted by Gasteiger charge is 2.26. The predicted molar refractivity (Wildman–Crippen MR) is 111 cm³/mol. The van der Waals surface area contributed by atoms with Crippen molar-refractivity contribution in [3.63, 3.8) is 0 Å². The van der Waals surface area contributed by atoms with Gasteiger partial charge in [0.05, 0.1) is 14.2 Å². The maximum Gasteiger partial charge on any atom is 0.414 e. The van der Waals surface area contributed by atoms with E-state index >= 15 is 0 Å². The van der Waals surface area contributed by atoms with Gasteiger partial charge in [0.2, 0.25) is 5.91 Å². The summed E-state index contributed by atoms with van der Waals surface area (Å²) in [5, 5.41) is 17.9. The number of carboxylic acid groups (broad SMARTS) is 2. The highest BCUT2D eigenvalue weighted by atomic mass is 16.5. The number of benzene rings is 1. The molecule has 1 unspecified atom stereocenters. The first-order valence-electron chi connectivity index (χ1n) is 9.91. The summed E-state index contributed by atoms with van der Waals surface area (Å²) in [6, 6.07) is 6.20. The van der Waals surface area contributed by atoms with E-state index in [0.717, 1.165) is 56.0 Å². The molecule has 1 amide bonds. The number of carbonyl (C=O) groups is 3. The first kappa shape index (κ1) is 25.2. The van der Waals surface area contributed by atoms with Gasteiger partial charge in [0.1, 0.15) is 11.5 Å². The van der Waals surface area contributed by atoms with Crippen LogP contribution in [0.3, 0.4) is 0 Å². The van der Waals surface area contributed by atoms with Gasteiger partial charge in [0.15, 0.2) is 0 Å². The Kier molecular flexibility index (Phi) is 10.7. The standard InChI is InChI=1S/C19H30N2O3.C2H2O4/c1-5-14(2)20-19(22)15-8-10-21(11-9-15)13-16-6-7-17(23-3)12-18(16)24-4;3-1(4)2(5)6/h6-7,12,14-15H,5,8-11,13H2,1-4H3,(H,20,22);(H,3,4)(H,5,6). The zero-order valence-electron chi connectivity index (χ0n) is 18.0. The molecule has 0 radical (unpaired) electrons. The Morgan fingerprint density at radius 3 is 2.20 bits per heavy atom. The summed E-state index contributed by atoms with van der Waals surface area (Å²) in [7, 11) is 3.34. The number of aliphatic carboxylic acids is 2. The molecule has 0 bridgehead atoms. The fourth-order valence-electron chi connectivity index (χ4n) is 3.04. The maximum atomic E-state index is 12.2. The molecule has 2 rings (SSSR count). The first-order valence-corrected chi connectivity index (χ1v) is 9.91. The Hall–Kier alpha value is -2.81. The molecular formula is C21H32N2O7. The number of nitrogens with one attached hydrogen (secondary N) is 1. The van der Waals surface area contributed by atoms with E-state index in [4.69, 9.17) is 29.3 Å². The summed E-state index contributed by atoms with van der Waals surface area (Å²) in [6.07, 6.45) is 2.81. The third kappa shape index (κ3) is 8.28. The first-order chi connectivity index (χ1) is 14.2. The van der Waals surface area contributed by atoms with Crippen molar-refractivity contribution in [2.24, 2.45) is 5.92 Å². The highest BCUT2D eigenvalue weighted by Crippen LogP contribution is 2.27. The van der Waals surface area contributed by atoms with E-state index < -0.39 is 11.9 Å². The number of amides is 1. The molecule has 0 aliphatic carbocycles. The van der Waals surface area contributed by atoms with E-state index in [1.54, 1.807) is 14.2 Å². The van der Waals surface area contributed by atoms with Crippen LogP contribution in [0.2, 0.25) is 0 Å². The van der Waals surface area contributed by atoms with Gasteiger partial charge in [-0.15, -0.1) is 0 Å². The number of hydrogen-bond acceptors (Lipinski definition) is 6. The number of methoxy groups -OCH3 is 2. The van der Waals surface area contributed by atoms with E-state index in [2.05, 4.69) is 30.1 Å². The molecule has 3 N–H and O–H groups in total. The normalized spacial score (nSPS) is 15.3. The molecule has 1 heterocycles. The summed E-state index contributed by atoms with van der Waals surface area (Å²) in [4.78, 5) is 32.8. The van der Waals surface area contributed by atoms with Gasteiger partial charge in [-0.25, -0.2) is 9.59 Å². The summed E-state index contributed by atoms with van der Waals surface area (Å²) >= 11 is 0. The molecule has 168 valence electrons. The van der Waals surface area contributed by atoms with Gasteiger partial charge in [0.25, 0.3) is 0 Å². The Morgan fingerprint density at radius 1 is 1.13 bits per heavy atom. The molecule has 9 heteroatoms. The predicted octanol–water partition coefficient (Wildman–Crippen LogP) is 1.99. The van der Waals surface area contributed by atoms with Gasteiger partial charge in [-0.05, 0) is 45.3 Å². The molecule has 1 fully saturated rings.